The Labute approximate surface area is 117 Å². The van der Waals surface area contributed by atoms with E-state index in [0.29, 0.717) is 0 Å². The molecule has 0 heterocycles. The summed E-state index contributed by atoms with van der Waals surface area (Å²) in [4.78, 5) is 15.6. The number of fused-ring (bicyclic) bond motifs is 1. The van der Waals surface area contributed by atoms with E-state index in [4.69, 9.17) is 15.3 Å². The fraction of sp³-hybridized carbons (Fsp3) is 0.267. The van der Waals surface area contributed by atoms with Gasteiger partial charge < -0.3 is 10.5 Å². The van der Waals surface area contributed by atoms with Crippen molar-refractivity contribution in [2.45, 2.75) is 13.0 Å². The number of amides is 1. The zero-order valence-corrected chi connectivity index (χ0v) is 11.6. The van der Waals surface area contributed by atoms with Crippen LogP contribution in [-0.2, 0) is 9.63 Å². The Bertz CT molecular complexity index is 613. The third kappa shape index (κ3) is 3.46. The average Bonchev–Trinajstić information content (AvgIpc) is 2.45. The molecule has 1 amide bonds. The van der Waals surface area contributed by atoms with Crippen LogP contribution < -0.4 is 16.0 Å². The summed E-state index contributed by atoms with van der Waals surface area (Å²) in [6, 6.07) is 12.0. The van der Waals surface area contributed by atoms with Crippen molar-refractivity contribution in [2.75, 3.05) is 13.7 Å². The summed E-state index contributed by atoms with van der Waals surface area (Å²) < 4.78 is 5.20. The Hall–Kier alpha value is -2.11. The summed E-state index contributed by atoms with van der Waals surface area (Å²) in [6.45, 7) is 1.81. The highest BCUT2D eigenvalue weighted by molar-refractivity contribution is 5.84. The molecule has 0 aliphatic carbocycles. The van der Waals surface area contributed by atoms with Crippen molar-refractivity contribution in [3.05, 3.63) is 42.0 Å². The van der Waals surface area contributed by atoms with Crippen LogP contribution in [0.4, 0.5) is 0 Å². The number of carbonyl (C=O) groups excluding carboxylic acids is 1. The van der Waals surface area contributed by atoms with Crippen molar-refractivity contribution in [2.24, 2.45) is 5.73 Å². The number of nitrogens with one attached hydrogen (secondary N) is 1. The largest absolute Gasteiger partial charge is 0.497 e. The molecule has 0 saturated heterocycles. The molecule has 3 N–H and O–H groups in total. The number of hydrogen-bond donors (Lipinski definition) is 2. The Kier molecular flexibility index (Phi) is 4.55. The van der Waals surface area contributed by atoms with Gasteiger partial charge in [-0.25, -0.2) is 0 Å². The summed E-state index contributed by atoms with van der Waals surface area (Å²) in [5.74, 6) is 0.330. The quantitative estimate of drug-likeness (QED) is 0.789. The van der Waals surface area contributed by atoms with Crippen LogP contribution in [0.2, 0.25) is 0 Å². The highest BCUT2D eigenvalue weighted by atomic mass is 16.6. The molecule has 5 nitrogen and oxygen atoms in total. The molecule has 1 unspecified atom stereocenters. The van der Waals surface area contributed by atoms with Gasteiger partial charge in [-0.15, -0.1) is 0 Å². The smallest absolute Gasteiger partial charge is 0.245 e. The van der Waals surface area contributed by atoms with Gasteiger partial charge in [0.25, 0.3) is 0 Å². The minimum absolute atomic E-state index is 0.0409. The first-order chi connectivity index (χ1) is 9.60. The Morgan fingerprint density at radius 1 is 1.25 bits per heavy atom. The molecule has 2 aromatic carbocycles. The van der Waals surface area contributed by atoms with E-state index in [2.05, 4.69) is 11.5 Å². The van der Waals surface area contributed by atoms with Crippen molar-refractivity contribution in [3.8, 4) is 5.75 Å². The van der Waals surface area contributed by atoms with Crippen LogP contribution in [0.1, 0.15) is 18.5 Å². The van der Waals surface area contributed by atoms with E-state index in [-0.39, 0.29) is 12.6 Å². The Morgan fingerprint density at radius 2 is 1.95 bits per heavy atom. The van der Waals surface area contributed by atoms with Crippen molar-refractivity contribution < 1.29 is 14.4 Å². The number of benzene rings is 2. The summed E-state index contributed by atoms with van der Waals surface area (Å²) in [7, 11) is 1.65. The van der Waals surface area contributed by atoms with Gasteiger partial charge in [0.1, 0.15) is 12.4 Å². The minimum Gasteiger partial charge on any atom is -0.497 e. The molecule has 5 heteroatoms. The van der Waals surface area contributed by atoms with Crippen molar-refractivity contribution >= 4 is 16.7 Å². The number of primary amides is 1. The lowest BCUT2D eigenvalue weighted by molar-refractivity contribution is -0.126. The SMILES string of the molecule is COc1ccc2cc(C(C)NOCC(N)=O)ccc2c1. The van der Waals surface area contributed by atoms with Gasteiger partial charge in [0, 0.05) is 0 Å². The second-order valence-electron chi connectivity index (χ2n) is 4.57. The molecule has 0 saturated carbocycles. The molecule has 0 radical (unpaired) electrons. The predicted molar refractivity (Wildman–Crippen MR) is 77.2 cm³/mol. The molecule has 0 spiro atoms. The predicted octanol–water partition coefficient (Wildman–Crippen LogP) is 1.92. The van der Waals surface area contributed by atoms with Gasteiger partial charge in [0.05, 0.1) is 13.2 Å². The van der Waals surface area contributed by atoms with Gasteiger partial charge in [0.2, 0.25) is 5.91 Å². The van der Waals surface area contributed by atoms with Gasteiger partial charge in [0.15, 0.2) is 0 Å². The Morgan fingerprint density at radius 3 is 2.65 bits per heavy atom. The fourth-order valence-corrected chi connectivity index (χ4v) is 1.94. The number of rotatable bonds is 6. The fourth-order valence-electron chi connectivity index (χ4n) is 1.94. The lowest BCUT2D eigenvalue weighted by Gasteiger charge is -2.14. The molecule has 20 heavy (non-hydrogen) atoms. The van der Waals surface area contributed by atoms with Crippen LogP contribution in [-0.4, -0.2) is 19.6 Å². The van der Waals surface area contributed by atoms with Crippen molar-refractivity contribution in [3.63, 3.8) is 0 Å². The molecule has 2 rings (SSSR count). The summed E-state index contributed by atoms with van der Waals surface area (Å²) in [5, 5.41) is 2.23. The molecule has 0 aromatic heterocycles. The maximum absolute atomic E-state index is 10.6. The van der Waals surface area contributed by atoms with Gasteiger partial charge in [-0.1, -0.05) is 18.2 Å². The molecular formula is C15H18N2O3. The van der Waals surface area contributed by atoms with E-state index < -0.39 is 5.91 Å². The highest BCUT2D eigenvalue weighted by Gasteiger charge is 2.07. The van der Waals surface area contributed by atoms with E-state index in [0.717, 1.165) is 22.1 Å². The number of carbonyl (C=O) groups is 1. The average molecular weight is 274 g/mol. The molecule has 0 bridgehead atoms. The molecule has 1 atom stereocenters. The van der Waals surface area contributed by atoms with E-state index in [1.165, 1.54) is 0 Å². The summed E-state index contributed by atoms with van der Waals surface area (Å²) in [6.07, 6.45) is 0. The lowest BCUT2D eigenvalue weighted by atomic mass is 10.0. The second kappa shape index (κ2) is 6.36. The van der Waals surface area contributed by atoms with Crippen molar-refractivity contribution in [1.82, 2.24) is 5.48 Å². The van der Waals surface area contributed by atoms with Crippen molar-refractivity contribution in [1.29, 1.82) is 0 Å². The monoisotopic (exact) mass is 274 g/mol. The molecule has 0 aliphatic heterocycles. The van der Waals surface area contributed by atoms with Crippen LogP contribution in [0.3, 0.4) is 0 Å². The third-order valence-electron chi connectivity index (χ3n) is 3.05. The minimum atomic E-state index is -0.504. The normalized spacial score (nSPS) is 12.3. The maximum Gasteiger partial charge on any atom is 0.245 e. The maximum atomic E-state index is 10.6. The van der Waals surface area contributed by atoms with Gasteiger partial charge in [-0.2, -0.15) is 5.48 Å². The molecular weight excluding hydrogens is 256 g/mol. The molecule has 2 aromatic rings. The summed E-state index contributed by atoms with van der Waals surface area (Å²) in [5.41, 5.74) is 8.86. The second-order valence-corrected chi connectivity index (χ2v) is 4.57. The highest BCUT2D eigenvalue weighted by Crippen LogP contribution is 2.24. The van der Waals surface area contributed by atoms with Crippen LogP contribution in [0.15, 0.2) is 36.4 Å². The number of ether oxygens (including phenoxy) is 1. The van der Waals surface area contributed by atoms with Gasteiger partial charge in [-0.05, 0) is 41.5 Å². The first kappa shape index (κ1) is 14.3. The lowest BCUT2D eigenvalue weighted by Crippen LogP contribution is -2.26. The van der Waals surface area contributed by atoms with E-state index in [1.54, 1.807) is 7.11 Å². The third-order valence-corrected chi connectivity index (χ3v) is 3.05. The number of methoxy groups -OCH3 is 1. The van der Waals surface area contributed by atoms with E-state index in [9.17, 15) is 4.79 Å². The number of hydroxylamine groups is 1. The zero-order valence-electron chi connectivity index (χ0n) is 11.6. The molecule has 106 valence electrons. The summed E-state index contributed by atoms with van der Waals surface area (Å²) >= 11 is 0. The van der Waals surface area contributed by atoms with Gasteiger partial charge in [-0.3, -0.25) is 9.63 Å². The first-order valence-electron chi connectivity index (χ1n) is 6.33. The topological polar surface area (TPSA) is 73.6 Å². The number of nitrogens with two attached hydrogens (primary N) is 1. The van der Waals surface area contributed by atoms with E-state index in [1.807, 2.05) is 37.3 Å². The van der Waals surface area contributed by atoms with Crippen LogP contribution in [0, 0.1) is 0 Å². The van der Waals surface area contributed by atoms with E-state index >= 15 is 0 Å². The molecule has 0 aliphatic rings. The Balaban J connectivity index is 2.12. The zero-order chi connectivity index (χ0) is 14.5. The first-order valence-corrected chi connectivity index (χ1v) is 6.33. The molecule has 0 fully saturated rings. The van der Waals surface area contributed by atoms with Gasteiger partial charge >= 0.3 is 0 Å². The standard InChI is InChI=1S/C15H18N2O3/c1-10(17-20-9-15(16)18)11-3-4-13-8-14(19-2)6-5-12(13)7-11/h3-8,10,17H,9H2,1-2H3,(H2,16,18). The van der Waals surface area contributed by atoms with Crippen LogP contribution in [0.5, 0.6) is 5.75 Å². The van der Waals surface area contributed by atoms with Crippen LogP contribution in [0.25, 0.3) is 10.8 Å². The number of hydrogen-bond acceptors (Lipinski definition) is 4. The van der Waals surface area contributed by atoms with Crippen LogP contribution >= 0.6 is 0 Å².